The van der Waals surface area contributed by atoms with Crippen LogP contribution < -0.4 is 5.32 Å². The Labute approximate surface area is 176 Å². The van der Waals surface area contributed by atoms with Gasteiger partial charge in [-0.1, -0.05) is 25.3 Å². The average molecular weight is 418 g/mol. The second kappa shape index (κ2) is 8.86. The molecule has 3 aliphatic rings. The standard InChI is InChI=1S/C22H31N3O3S/c26-19-8-4-12-24(19)13-6-11-23-20(27)17-15-25(21(28)18-7-5-14-29-18)16-22(17)9-2-1-3-10-22/h5,7,14,17H,1-4,6,8-13,15-16H2,(H,23,27). The predicted molar refractivity (Wildman–Crippen MR) is 113 cm³/mol. The van der Waals surface area contributed by atoms with Crippen molar-refractivity contribution in [3.05, 3.63) is 22.4 Å². The van der Waals surface area contributed by atoms with Crippen LogP contribution in [0.15, 0.2) is 17.5 Å². The van der Waals surface area contributed by atoms with Gasteiger partial charge < -0.3 is 15.1 Å². The van der Waals surface area contributed by atoms with Crippen LogP contribution in [0.25, 0.3) is 0 Å². The van der Waals surface area contributed by atoms with Crippen molar-refractivity contribution in [3.8, 4) is 0 Å². The summed E-state index contributed by atoms with van der Waals surface area (Å²) >= 11 is 1.47. The predicted octanol–water partition coefficient (Wildman–Crippen LogP) is 2.90. The van der Waals surface area contributed by atoms with Crippen LogP contribution >= 0.6 is 11.3 Å². The fourth-order valence-corrected chi connectivity index (χ4v) is 6.04. The van der Waals surface area contributed by atoms with E-state index in [1.807, 2.05) is 27.3 Å². The maximum absolute atomic E-state index is 13.1. The minimum atomic E-state index is -0.125. The number of amides is 3. The number of carbonyl (C=O) groups is 3. The molecule has 1 aromatic heterocycles. The second-order valence-electron chi connectivity index (χ2n) is 8.77. The number of nitrogens with one attached hydrogen (secondary N) is 1. The molecule has 29 heavy (non-hydrogen) atoms. The summed E-state index contributed by atoms with van der Waals surface area (Å²) in [7, 11) is 0. The summed E-state index contributed by atoms with van der Waals surface area (Å²) in [4.78, 5) is 42.3. The normalized spacial score (nSPS) is 23.7. The summed E-state index contributed by atoms with van der Waals surface area (Å²) in [6.45, 7) is 3.38. The minimum Gasteiger partial charge on any atom is -0.356 e. The van der Waals surface area contributed by atoms with E-state index in [0.717, 1.165) is 56.5 Å². The third-order valence-corrected chi connectivity index (χ3v) is 7.77. The van der Waals surface area contributed by atoms with E-state index in [1.54, 1.807) is 0 Å². The monoisotopic (exact) mass is 417 g/mol. The van der Waals surface area contributed by atoms with Crippen molar-refractivity contribution in [1.29, 1.82) is 0 Å². The molecule has 3 heterocycles. The fourth-order valence-electron chi connectivity index (χ4n) is 5.35. The van der Waals surface area contributed by atoms with Crippen molar-refractivity contribution in [3.63, 3.8) is 0 Å². The van der Waals surface area contributed by atoms with Crippen molar-refractivity contribution in [2.45, 2.75) is 51.4 Å². The van der Waals surface area contributed by atoms with Gasteiger partial charge in [-0.05, 0) is 37.1 Å². The summed E-state index contributed by atoms with van der Waals surface area (Å²) in [5.41, 5.74) is -0.0693. The van der Waals surface area contributed by atoms with Crippen molar-refractivity contribution in [1.82, 2.24) is 15.1 Å². The number of hydrogen-bond acceptors (Lipinski definition) is 4. The summed E-state index contributed by atoms with van der Waals surface area (Å²) in [5, 5.41) is 5.04. The highest BCUT2D eigenvalue weighted by Gasteiger charge is 2.51. The fraction of sp³-hybridized carbons (Fsp3) is 0.682. The van der Waals surface area contributed by atoms with Crippen LogP contribution in [-0.4, -0.2) is 60.2 Å². The molecule has 3 fully saturated rings. The zero-order chi connectivity index (χ0) is 20.3. The molecule has 2 saturated heterocycles. The number of likely N-dealkylation sites (tertiary alicyclic amines) is 2. The van der Waals surface area contributed by atoms with Gasteiger partial charge in [-0.25, -0.2) is 0 Å². The van der Waals surface area contributed by atoms with Crippen LogP contribution in [-0.2, 0) is 9.59 Å². The molecule has 1 aliphatic carbocycles. The van der Waals surface area contributed by atoms with Crippen LogP contribution in [0, 0.1) is 11.3 Å². The van der Waals surface area contributed by atoms with Gasteiger partial charge in [-0.2, -0.15) is 0 Å². The molecule has 1 N–H and O–H groups in total. The maximum atomic E-state index is 13.1. The topological polar surface area (TPSA) is 69.7 Å². The summed E-state index contributed by atoms with van der Waals surface area (Å²) in [6, 6.07) is 3.77. The lowest BCUT2D eigenvalue weighted by molar-refractivity contribution is -0.128. The first kappa shape index (κ1) is 20.4. The number of rotatable bonds is 6. The molecule has 0 aromatic carbocycles. The Bertz CT molecular complexity index is 742. The van der Waals surface area contributed by atoms with E-state index in [-0.39, 0.29) is 29.1 Å². The average Bonchev–Trinajstić information content (AvgIpc) is 3.46. The highest BCUT2D eigenvalue weighted by molar-refractivity contribution is 7.12. The minimum absolute atomic E-state index is 0.0628. The Morgan fingerprint density at radius 3 is 2.72 bits per heavy atom. The number of nitrogens with zero attached hydrogens (tertiary/aromatic N) is 2. The lowest BCUT2D eigenvalue weighted by Crippen LogP contribution is -2.43. The van der Waals surface area contributed by atoms with Crippen molar-refractivity contribution in [2.75, 3.05) is 32.7 Å². The molecule has 1 unspecified atom stereocenters. The summed E-state index contributed by atoms with van der Waals surface area (Å²) < 4.78 is 0. The molecule has 4 rings (SSSR count). The van der Waals surface area contributed by atoms with Gasteiger partial charge in [0.25, 0.3) is 5.91 Å². The van der Waals surface area contributed by atoms with Gasteiger partial charge >= 0.3 is 0 Å². The molecule has 1 aromatic rings. The molecule has 6 nitrogen and oxygen atoms in total. The van der Waals surface area contributed by atoms with Gasteiger partial charge in [0.15, 0.2) is 0 Å². The third-order valence-electron chi connectivity index (χ3n) is 6.91. The Morgan fingerprint density at radius 2 is 2.03 bits per heavy atom. The largest absolute Gasteiger partial charge is 0.356 e. The van der Waals surface area contributed by atoms with E-state index in [1.165, 1.54) is 17.8 Å². The van der Waals surface area contributed by atoms with Crippen LogP contribution in [0.3, 0.4) is 0 Å². The van der Waals surface area contributed by atoms with E-state index in [9.17, 15) is 14.4 Å². The first-order chi connectivity index (χ1) is 14.1. The van der Waals surface area contributed by atoms with Crippen LogP contribution in [0.1, 0.15) is 61.0 Å². The maximum Gasteiger partial charge on any atom is 0.263 e. The quantitative estimate of drug-likeness (QED) is 0.724. The first-order valence-electron chi connectivity index (χ1n) is 11.0. The van der Waals surface area contributed by atoms with Crippen LogP contribution in [0.5, 0.6) is 0 Å². The Kier molecular flexibility index (Phi) is 6.23. The molecule has 1 saturated carbocycles. The Balaban J connectivity index is 1.36. The Morgan fingerprint density at radius 1 is 1.21 bits per heavy atom. The van der Waals surface area contributed by atoms with Gasteiger partial charge in [0.05, 0.1) is 10.8 Å². The zero-order valence-electron chi connectivity index (χ0n) is 17.0. The van der Waals surface area contributed by atoms with E-state index >= 15 is 0 Å². The lowest BCUT2D eigenvalue weighted by Gasteiger charge is -2.37. The molecule has 1 spiro atoms. The summed E-state index contributed by atoms with van der Waals surface area (Å²) in [5.74, 6) is 0.255. The first-order valence-corrected chi connectivity index (χ1v) is 11.9. The van der Waals surface area contributed by atoms with Gasteiger partial charge in [0.2, 0.25) is 11.8 Å². The van der Waals surface area contributed by atoms with Gasteiger partial charge in [-0.15, -0.1) is 11.3 Å². The van der Waals surface area contributed by atoms with Crippen LogP contribution in [0.4, 0.5) is 0 Å². The number of thiophene rings is 1. The third kappa shape index (κ3) is 4.34. The molecule has 2 aliphatic heterocycles. The molecule has 7 heteroatoms. The molecule has 3 amide bonds. The highest BCUT2D eigenvalue weighted by Crippen LogP contribution is 2.48. The molecule has 0 bridgehead atoms. The molecular formula is C22H31N3O3S. The van der Waals surface area contributed by atoms with E-state index in [0.29, 0.717) is 26.1 Å². The smallest absolute Gasteiger partial charge is 0.263 e. The van der Waals surface area contributed by atoms with Crippen molar-refractivity contribution >= 4 is 29.1 Å². The van der Waals surface area contributed by atoms with Gasteiger partial charge in [-0.3, -0.25) is 14.4 Å². The SMILES string of the molecule is O=C(NCCCN1CCCC1=O)C1CN(C(=O)c2cccs2)CC12CCCCC2. The van der Waals surface area contributed by atoms with Crippen LogP contribution in [0.2, 0.25) is 0 Å². The van der Waals surface area contributed by atoms with E-state index < -0.39 is 0 Å². The van der Waals surface area contributed by atoms with E-state index in [4.69, 9.17) is 0 Å². The zero-order valence-corrected chi connectivity index (χ0v) is 17.8. The Hall–Kier alpha value is -1.89. The molecule has 0 radical (unpaired) electrons. The second-order valence-corrected chi connectivity index (χ2v) is 9.72. The molecule has 1 atom stereocenters. The van der Waals surface area contributed by atoms with Crippen molar-refractivity contribution in [2.24, 2.45) is 11.3 Å². The molecule has 158 valence electrons. The van der Waals surface area contributed by atoms with Gasteiger partial charge in [0.1, 0.15) is 0 Å². The number of hydrogen-bond donors (Lipinski definition) is 1. The summed E-state index contributed by atoms with van der Waals surface area (Å²) in [6.07, 6.45) is 7.95. The number of carbonyl (C=O) groups excluding carboxylic acids is 3. The van der Waals surface area contributed by atoms with E-state index in [2.05, 4.69) is 5.32 Å². The highest BCUT2D eigenvalue weighted by atomic mass is 32.1. The van der Waals surface area contributed by atoms with Crippen molar-refractivity contribution < 1.29 is 14.4 Å². The van der Waals surface area contributed by atoms with Gasteiger partial charge in [0, 0.05) is 44.6 Å². The lowest BCUT2D eigenvalue weighted by atomic mass is 9.67. The molecular weight excluding hydrogens is 386 g/mol.